The minimum atomic E-state index is -0.839. The molecule has 2 aromatic rings. The molecule has 0 spiro atoms. The highest BCUT2D eigenvalue weighted by molar-refractivity contribution is 6.32. The average molecular weight is 488 g/mol. The average Bonchev–Trinajstić information content (AvgIpc) is 2.76. The Morgan fingerprint density at radius 3 is 2.39 bits per heavy atom. The maximum absolute atomic E-state index is 15.0. The lowest BCUT2D eigenvalue weighted by Gasteiger charge is -2.40. The first-order valence-corrected chi connectivity index (χ1v) is 11.1. The lowest BCUT2D eigenvalue weighted by molar-refractivity contribution is 0.207. The fourth-order valence-electron chi connectivity index (χ4n) is 4.20. The summed E-state index contributed by atoms with van der Waals surface area (Å²) in [5.41, 5.74) is 7.83. The topological polar surface area (TPSA) is 62.3 Å². The van der Waals surface area contributed by atoms with Gasteiger partial charge in [0.15, 0.2) is 0 Å². The van der Waals surface area contributed by atoms with Crippen LogP contribution in [0.25, 0.3) is 6.08 Å². The summed E-state index contributed by atoms with van der Waals surface area (Å²) >= 11 is 12.7. The highest BCUT2D eigenvalue weighted by atomic mass is 35.5. The molecule has 4 rings (SSSR count). The van der Waals surface area contributed by atoms with Gasteiger partial charge in [-0.2, -0.15) is 5.26 Å². The van der Waals surface area contributed by atoms with E-state index in [0.29, 0.717) is 30.0 Å². The third-order valence-corrected chi connectivity index (χ3v) is 6.56. The molecule has 0 radical (unpaired) electrons. The van der Waals surface area contributed by atoms with Crippen LogP contribution in [0.5, 0.6) is 0 Å². The van der Waals surface area contributed by atoms with E-state index in [9.17, 15) is 9.65 Å². The smallest absolute Gasteiger partial charge is 0.205 e. The van der Waals surface area contributed by atoms with Crippen LogP contribution in [-0.2, 0) is 4.74 Å². The van der Waals surface area contributed by atoms with Gasteiger partial charge in [0.1, 0.15) is 29.0 Å². The maximum Gasteiger partial charge on any atom is 0.205 e. The molecule has 2 N–H and O–H groups in total. The summed E-state index contributed by atoms with van der Waals surface area (Å²) in [6.07, 6.45) is 1.62. The minimum absolute atomic E-state index is 0.0784. The highest BCUT2D eigenvalue weighted by Gasteiger charge is 2.40. The van der Waals surface area contributed by atoms with Crippen molar-refractivity contribution in [3.8, 4) is 6.07 Å². The molecule has 1 unspecified atom stereocenters. The molecular formula is C25H21Cl2F2N3O. The number of nitrogens with zero attached hydrogens (tertiary/aromatic N) is 2. The molecule has 170 valence electrons. The second-order valence-electron chi connectivity index (χ2n) is 8.22. The van der Waals surface area contributed by atoms with Crippen LogP contribution in [0.15, 0.2) is 64.8 Å². The number of hydrogen-bond acceptors (Lipinski definition) is 4. The molecule has 0 amide bonds. The van der Waals surface area contributed by atoms with Crippen LogP contribution < -0.4 is 5.73 Å². The van der Waals surface area contributed by atoms with Gasteiger partial charge < -0.3 is 10.5 Å². The zero-order valence-electron chi connectivity index (χ0n) is 18.0. The molecule has 2 aromatic carbocycles. The molecule has 1 atom stereocenters. The number of ether oxygens (including phenoxy) is 1. The van der Waals surface area contributed by atoms with Crippen LogP contribution in [-0.4, -0.2) is 24.0 Å². The molecule has 4 nitrogen and oxygen atoms in total. The predicted molar refractivity (Wildman–Crippen MR) is 125 cm³/mol. The summed E-state index contributed by atoms with van der Waals surface area (Å²) in [5.74, 6) is -1.62. The van der Waals surface area contributed by atoms with Gasteiger partial charge in [-0.3, -0.25) is 4.90 Å². The summed E-state index contributed by atoms with van der Waals surface area (Å²) in [6.45, 7) is 4.85. The molecule has 8 heteroatoms. The van der Waals surface area contributed by atoms with E-state index in [1.807, 2.05) is 13.8 Å². The predicted octanol–water partition coefficient (Wildman–Crippen LogP) is 6.14. The SMILES string of the molecule is CC(C)N1CC2=C(OC(N)=C(C#N)C2c2c(F)cccc2Cl)/C(=C/c2c(F)cccc2Cl)C1. The van der Waals surface area contributed by atoms with Crippen molar-refractivity contribution in [3.63, 3.8) is 0 Å². The van der Waals surface area contributed by atoms with Gasteiger partial charge in [-0.05, 0) is 49.8 Å². The van der Waals surface area contributed by atoms with E-state index in [2.05, 4.69) is 11.0 Å². The van der Waals surface area contributed by atoms with E-state index in [1.54, 1.807) is 18.2 Å². The zero-order valence-corrected chi connectivity index (χ0v) is 19.5. The molecule has 0 aromatic heterocycles. The summed E-state index contributed by atoms with van der Waals surface area (Å²) in [7, 11) is 0. The monoisotopic (exact) mass is 487 g/mol. The fourth-order valence-corrected chi connectivity index (χ4v) is 4.69. The molecule has 0 aliphatic carbocycles. The van der Waals surface area contributed by atoms with Gasteiger partial charge in [-0.25, -0.2) is 8.78 Å². The molecule has 2 aliphatic heterocycles. The van der Waals surface area contributed by atoms with Crippen LogP contribution in [0.2, 0.25) is 10.0 Å². The number of allylic oxidation sites excluding steroid dienone is 1. The van der Waals surface area contributed by atoms with Crippen LogP contribution >= 0.6 is 23.2 Å². The molecule has 0 bridgehead atoms. The van der Waals surface area contributed by atoms with Crippen molar-refractivity contribution in [3.05, 3.63) is 97.6 Å². The Morgan fingerprint density at radius 2 is 1.79 bits per heavy atom. The van der Waals surface area contributed by atoms with E-state index >= 15 is 4.39 Å². The number of rotatable bonds is 3. The van der Waals surface area contributed by atoms with Crippen LogP contribution in [0.3, 0.4) is 0 Å². The van der Waals surface area contributed by atoms with E-state index in [-0.39, 0.29) is 38.7 Å². The third kappa shape index (κ3) is 4.24. The third-order valence-electron chi connectivity index (χ3n) is 5.90. The molecular weight excluding hydrogens is 467 g/mol. The van der Waals surface area contributed by atoms with E-state index in [1.165, 1.54) is 24.3 Å². The molecule has 2 heterocycles. The number of benzene rings is 2. The second-order valence-corrected chi connectivity index (χ2v) is 9.03. The van der Waals surface area contributed by atoms with Crippen molar-refractivity contribution in [1.82, 2.24) is 4.90 Å². The van der Waals surface area contributed by atoms with Gasteiger partial charge in [0.2, 0.25) is 5.88 Å². The highest BCUT2D eigenvalue weighted by Crippen LogP contribution is 2.46. The Labute approximate surface area is 201 Å². The van der Waals surface area contributed by atoms with Gasteiger partial charge >= 0.3 is 0 Å². The standard InChI is InChI=1S/C25H21Cl2F2N3O/c1-13(2)32-11-14(9-15-18(26)5-3-7-20(15)28)24-17(12-32)22(16(10-30)25(31)33-24)23-19(27)6-4-8-21(23)29/h3-9,13,22H,11-12,31H2,1-2H3/b14-9+. The van der Waals surface area contributed by atoms with E-state index in [4.69, 9.17) is 33.7 Å². The van der Waals surface area contributed by atoms with Gasteiger partial charge in [-0.1, -0.05) is 35.3 Å². The van der Waals surface area contributed by atoms with Gasteiger partial charge in [-0.15, -0.1) is 0 Å². The lowest BCUT2D eigenvalue weighted by Crippen LogP contribution is -2.41. The first-order valence-electron chi connectivity index (χ1n) is 10.4. The first-order chi connectivity index (χ1) is 15.7. The van der Waals surface area contributed by atoms with Crippen molar-refractivity contribution < 1.29 is 13.5 Å². The number of hydrogen-bond donors (Lipinski definition) is 1. The Balaban J connectivity index is 1.98. The van der Waals surface area contributed by atoms with E-state index < -0.39 is 17.6 Å². The normalized spacial score (nSPS) is 20.2. The number of nitriles is 1. The first kappa shape index (κ1) is 23.3. The van der Waals surface area contributed by atoms with Gasteiger partial charge in [0.25, 0.3) is 0 Å². The second kappa shape index (κ2) is 9.18. The molecule has 33 heavy (non-hydrogen) atoms. The number of halogens is 4. The summed E-state index contributed by atoms with van der Waals surface area (Å²) < 4.78 is 35.5. The van der Waals surface area contributed by atoms with Crippen LogP contribution in [0.4, 0.5) is 8.78 Å². The fraction of sp³-hybridized carbons (Fsp3) is 0.240. The van der Waals surface area contributed by atoms with Gasteiger partial charge in [0.05, 0.1) is 10.9 Å². The summed E-state index contributed by atoms with van der Waals surface area (Å²) in [5, 5.41) is 10.3. The summed E-state index contributed by atoms with van der Waals surface area (Å²) in [4.78, 5) is 2.11. The van der Waals surface area contributed by atoms with Crippen molar-refractivity contribution in [2.24, 2.45) is 5.73 Å². The van der Waals surface area contributed by atoms with Crippen LogP contribution in [0.1, 0.15) is 30.9 Å². The molecule has 0 saturated heterocycles. The Hall–Kier alpha value is -2.85. The van der Waals surface area contributed by atoms with E-state index in [0.717, 1.165) is 0 Å². The summed E-state index contributed by atoms with van der Waals surface area (Å²) in [6, 6.07) is 11.0. The van der Waals surface area contributed by atoms with Crippen molar-refractivity contribution >= 4 is 29.3 Å². The molecule has 0 saturated carbocycles. The number of nitrogens with two attached hydrogens (primary N) is 1. The van der Waals surface area contributed by atoms with Crippen LogP contribution in [0, 0.1) is 23.0 Å². The molecule has 0 fully saturated rings. The van der Waals surface area contributed by atoms with Crippen molar-refractivity contribution in [1.29, 1.82) is 5.26 Å². The van der Waals surface area contributed by atoms with Crippen molar-refractivity contribution in [2.45, 2.75) is 25.8 Å². The maximum atomic E-state index is 15.0. The largest absolute Gasteiger partial charge is 0.440 e. The lowest BCUT2D eigenvalue weighted by atomic mass is 9.79. The zero-order chi connectivity index (χ0) is 23.9. The Morgan fingerprint density at radius 1 is 1.12 bits per heavy atom. The Kier molecular flexibility index (Phi) is 6.49. The van der Waals surface area contributed by atoms with Crippen molar-refractivity contribution in [2.75, 3.05) is 13.1 Å². The molecule has 2 aliphatic rings. The minimum Gasteiger partial charge on any atom is -0.440 e. The Bertz CT molecular complexity index is 1220. The quantitative estimate of drug-likeness (QED) is 0.564. The van der Waals surface area contributed by atoms with Gasteiger partial charge in [0, 0.05) is 40.9 Å².